The molecule has 1 saturated heterocycles. The third-order valence-corrected chi connectivity index (χ3v) is 4.34. The fraction of sp³-hybridized carbons (Fsp3) is 0.562. The van der Waals surface area contributed by atoms with E-state index in [-0.39, 0.29) is 11.9 Å². The van der Waals surface area contributed by atoms with E-state index in [4.69, 9.17) is 0 Å². The van der Waals surface area contributed by atoms with Crippen molar-refractivity contribution in [2.75, 3.05) is 18.0 Å². The predicted molar refractivity (Wildman–Crippen MR) is 77.3 cm³/mol. The van der Waals surface area contributed by atoms with E-state index >= 15 is 0 Å². The van der Waals surface area contributed by atoms with Crippen LogP contribution in [0.25, 0.3) is 0 Å². The summed E-state index contributed by atoms with van der Waals surface area (Å²) in [4.78, 5) is 14.7. The van der Waals surface area contributed by atoms with Crippen molar-refractivity contribution in [3.05, 3.63) is 29.8 Å². The molecule has 1 amide bonds. The zero-order valence-electron chi connectivity index (χ0n) is 11.6. The van der Waals surface area contributed by atoms with E-state index in [2.05, 4.69) is 30.4 Å². The molecule has 0 saturated carbocycles. The quantitative estimate of drug-likeness (QED) is 0.838. The highest BCUT2D eigenvalue weighted by atomic mass is 16.2. The number of anilines is 1. The van der Waals surface area contributed by atoms with Gasteiger partial charge in [-0.2, -0.15) is 0 Å². The Hall–Kier alpha value is -1.35. The van der Waals surface area contributed by atoms with E-state index in [9.17, 15) is 4.79 Å². The Balaban J connectivity index is 1.81. The molecule has 1 aromatic rings. The van der Waals surface area contributed by atoms with Crippen LogP contribution in [-0.4, -0.2) is 25.0 Å². The number of amides is 1. The molecule has 2 heterocycles. The number of fused-ring (bicyclic) bond motifs is 1. The Bertz CT molecular complexity index is 472. The number of benzene rings is 1. The Morgan fingerprint density at radius 1 is 1.37 bits per heavy atom. The summed E-state index contributed by atoms with van der Waals surface area (Å²) in [5.41, 5.74) is 2.43. The van der Waals surface area contributed by atoms with Crippen LogP contribution in [0.4, 0.5) is 5.69 Å². The number of carbonyl (C=O) groups is 1. The van der Waals surface area contributed by atoms with Crippen molar-refractivity contribution in [2.24, 2.45) is 5.92 Å². The molecule has 0 aliphatic carbocycles. The first-order chi connectivity index (χ1) is 9.25. The smallest absolute Gasteiger partial charge is 0.244 e. The van der Waals surface area contributed by atoms with Crippen LogP contribution in [0.3, 0.4) is 0 Å². The van der Waals surface area contributed by atoms with Gasteiger partial charge in [0.1, 0.15) is 0 Å². The fourth-order valence-corrected chi connectivity index (χ4v) is 3.25. The average Bonchev–Trinajstić information content (AvgIpc) is 2.46. The van der Waals surface area contributed by atoms with Crippen molar-refractivity contribution in [1.82, 2.24) is 5.32 Å². The number of para-hydroxylation sites is 1. The zero-order valence-corrected chi connectivity index (χ0v) is 11.6. The number of nitrogens with one attached hydrogen (secondary N) is 1. The predicted octanol–water partition coefficient (Wildman–Crippen LogP) is 2.35. The summed E-state index contributed by atoms with van der Waals surface area (Å²) >= 11 is 0. The summed E-state index contributed by atoms with van der Waals surface area (Å²) in [7, 11) is 0. The van der Waals surface area contributed by atoms with E-state index in [0.29, 0.717) is 5.92 Å². The monoisotopic (exact) mass is 258 g/mol. The second kappa shape index (κ2) is 5.33. The van der Waals surface area contributed by atoms with E-state index in [1.807, 2.05) is 11.0 Å². The molecule has 1 aromatic carbocycles. The zero-order chi connectivity index (χ0) is 13.2. The van der Waals surface area contributed by atoms with Gasteiger partial charge in [0.25, 0.3) is 0 Å². The van der Waals surface area contributed by atoms with Crippen LogP contribution in [0.5, 0.6) is 0 Å². The topological polar surface area (TPSA) is 32.3 Å². The number of hydrogen-bond acceptors (Lipinski definition) is 2. The molecular weight excluding hydrogens is 236 g/mol. The van der Waals surface area contributed by atoms with Gasteiger partial charge >= 0.3 is 0 Å². The molecule has 3 nitrogen and oxygen atoms in total. The lowest BCUT2D eigenvalue weighted by atomic mass is 9.92. The summed E-state index contributed by atoms with van der Waals surface area (Å²) in [6, 6.07) is 8.33. The standard InChI is InChI=1S/C16H22N2O/c1-12-8-9-17-14(11-12)16(19)18-10-4-6-13-5-2-3-7-15(13)18/h2-3,5,7,12,14,17H,4,6,8-11H2,1H3. The van der Waals surface area contributed by atoms with Crippen molar-refractivity contribution in [3.8, 4) is 0 Å². The second-order valence-electron chi connectivity index (χ2n) is 5.86. The van der Waals surface area contributed by atoms with Crippen LogP contribution < -0.4 is 10.2 Å². The lowest BCUT2D eigenvalue weighted by Gasteiger charge is -2.35. The molecule has 2 unspecified atom stereocenters. The normalized spacial score (nSPS) is 26.9. The highest BCUT2D eigenvalue weighted by Gasteiger charge is 2.31. The first kappa shape index (κ1) is 12.7. The molecule has 19 heavy (non-hydrogen) atoms. The highest BCUT2D eigenvalue weighted by molar-refractivity contribution is 5.98. The lowest BCUT2D eigenvalue weighted by molar-refractivity contribution is -0.121. The Morgan fingerprint density at radius 2 is 2.21 bits per heavy atom. The molecule has 3 rings (SSSR count). The molecule has 1 fully saturated rings. The minimum absolute atomic E-state index is 0.00917. The molecule has 0 aromatic heterocycles. The van der Waals surface area contributed by atoms with Gasteiger partial charge in [-0.15, -0.1) is 0 Å². The molecular formula is C16H22N2O. The maximum atomic E-state index is 12.7. The molecule has 2 aliphatic rings. The maximum Gasteiger partial charge on any atom is 0.244 e. The molecule has 102 valence electrons. The molecule has 0 radical (unpaired) electrons. The molecule has 1 N–H and O–H groups in total. The minimum atomic E-state index is 0.00917. The molecule has 3 heteroatoms. The van der Waals surface area contributed by atoms with Gasteiger partial charge in [0.2, 0.25) is 5.91 Å². The van der Waals surface area contributed by atoms with Gasteiger partial charge in [0.15, 0.2) is 0 Å². The van der Waals surface area contributed by atoms with Crippen LogP contribution in [0, 0.1) is 5.92 Å². The molecule has 0 spiro atoms. The third kappa shape index (κ3) is 2.52. The van der Waals surface area contributed by atoms with Crippen molar-refractivity contribution < 1.29 is 4.79 Å². The summed E-state index contributed by atoms with van der Waals surface area (Å²) in [6.45, 7) is 4.07. The molecule has 2 aliphatic heterocycles. The first-order valence-electron chi connectivity index (χ1n) is 7.38. The van der Waals surface area contributed by atoms with Crippen LogP contribution >= 0.6 is 0 Å². The van der Waals surface area contributed by atoms with Gasteiger partial charge in [-0.1, -0.05) is 25.1 Å². The largest absolute Gasteiger partial charge is 0.311 e. The van der Waals surface area contributed by atoms with Crippen LogP contribution in [0.15, 0.2) is 24.3 Å². The number of rotatable bonds is 1. The summed E-state index contributed by atoms with van der Waals surface area (Å²) in [6.07, 6.45) is 4.32. The summed E-state index contributed by atoms with van der Waals surface area (Å²) in [5.74, 6) is 0.911. The highest BCUT2D eigenvalue weighted by Crippen LogP contribution is 2.28. The number of piperidine rings is 1. The summed E-state index contributed by atoms with van der Waals surface area (Å²) in [5, 5.41) is 3.39. The Labute approximate surface area is 115 Å². The number of hydrogen-bond donors (Lipinski definition) is 1. The van der Waals surface area contributed by atoms with Gasteiger partial charge in [-0.3, -0.25) is 4.79 Å². The SMILES string of the molecule is CC1CCNC(C(=O)N2CCCc3ccccc32)C1. The van der Waals surface area contributed by atoms with Crippen molar-refractivity contribution in [2.45, 2.75) is 38.6 Å². The second-order valence-corrected chi connectivity index (χ2v) is 5.86. The van der Waals surface area contributed by atoms with Crippen LogP contribution in [0.2, 0.25) is 0 Å². The maximum absolute atomic E-state index is 12.7. The van der Waals surface area contributed by atoms with Crippen molar-refractivity contribution >= 4 is 11.6 Å². The fourth-order valence-electron chi connectivity index (χ4n) is 3.25. The molecule has 0 bridgehead atoms. The Kier molecular flexibility index (Phi) is 3.56. The third-order valence-electron chi connectivity index (χ3n) is 4.34. The average molecular weight is 258 g/mol. The Morgan fingerprint density at radius 3 is 3.05 bits per heavy atom. The van der Waals surface area contributed by atoms with E-state index in [0.717, 1.165) is 38.0 Å². The number of nitrogens with zero attached hydrogens (tertiary/aromatic N) is 1. The van der Waals surface area contributed by atoms with E-state index in [1.165, 1.54) is 12.0 Å². The molecule has 2 atom stereocenters. The van der Waals surface area contributed by atoms with Gasteiger partial charge in [-0.25, -0.2) is 0 Å². The first-order valence-corrected chi connectivity index (χ1v) is 7.38. The summed E-state index contributed by atoms with van der Waals surface area (Å²) < 4.78 is 0. The van der Waals surface area contributed by atoms with Gasteiger partial charge in [0, 0.05) is 12.2 Å². The minimum Gasteiger partial charge on any atom is -0.311 e. The van der Waals surface area contributed by atoms with Gasteiger partial charge in [-0.05, 0) is 49.8 Å². The lowest BCUT2D eigenvalue weighted by Crippen LogP contribution is -2.51. The van der Waals surface area contributed by atoms with Gasteiger partial charge < -0.3 is 10.2 Å². The van der Waals surface area contributed by atoms with Crippen LogP contribution in [-0.2, 0) is 11.2 Å². The van der Waals surface area contributed by atoms with Crippen LogP contribution in [0.1, 0.15) is 31.7 Å². The van der Waals surface area contributed by atoms with E-state index in [1.54, 1.807) is 0 Å². The van der Waals surface area contributed by atoms with Crippen molar-refractivity contribution in [3.63, 3.8) is 0 Å². The number of carbonyl (C=O) groups excluding carboxylic acids is 1. The number of aryl methyl sites for hydroxylation is 1. The van der Waals surface area contributed by atoms with E-state index < -0.39 is 0 Å². The van der Waals surface area contributed by atoms with Crippen molar-refractivity contribution in [1.29, 1.82) is 0 Å². The van der Waals surface area contributed by atoms with Gasteiger partial charge in [0.05, 0.1) is 6.04 Å².